The lowest BCUT2D eigenvalue weighted by Gasteiger charge is -2.25. The quantitative estimate of drug-likeness (QED) is 0.884. The van der Waals surface area contributed by atoms with Crippen LogP contribution in [0.15, 0.2) is 18.2 Å². The Labute approximate surface area is 114 Å². The van der Waals surface area contributed by atoms with E-state index >= 15 is 0 Å². The van der Waals surface area contributed by atoms with Gasteiger partial charge in [-0.15, -0.1) is 0 Å². The van der Waals surface area contributed by atoms with Crippen LogP contribution in [0.5, 0.6) is 0 Å². The van der Waals surface area contributed by atoms with E-state index in [0.717, 1.165) is 16.8 Å². The van der Waals surface area contributed by atoms with Gasteiger partial charge >= 0.3 is 0 Å². The number of hydrogen-bond acceptors (Lipinski definition) is 2. The normalized spacial score (nSPS) is 10.1. The number of anilines is 1. The van der Waals surface area contributed by atoms with Crippen molar-refractivity contribution in [1.29, 1.82) is 0 Å². The fraction of sp³-hybridized carbons (Fsp3) is 0.467. The van der Waals surface area contributed by atoms with E-state index in [0.29, 0.717) is 19.5 Å². The Morgan fingerprint density at radius 2 is 1.79 bits per heavy atom. The summed E-state index contributed by atoms with van der Waals surface area (Å²) in [6, 6.07) is 5.96. The minimum absolute atomic E-state index is 0.00464. The van der Waals surface area contributed by atoms with Crippen LogP contribution in [0.4, 0.5) is 5.69 Å². The molecule has 1 aromatic rings. The number of carbonyl (C=O) groups excluding carboxylic acids is 2. The van der Waals surface area contributed by atoms with Crippen LogP contribution < -0.4 is 10.2 Å². The molecule has 0 unspecified atom stereocenters. The monoisotopic (exact) mass is 262 g/mol. The van der Waals surface area contributed by atoms with Gasteiger partial charge < -0.3 is 10.2 Å². The average Bonchev–Trinajstić information content (AvgIpc) is 2.35. The SMILES string of the molecule is CCC(=O)NCCN(C(C)=O)c1c(C)cccc1C. The van der Waals surface area contributed by atoms with E-state index in [4.69, 9.17) is 0 Å². The van der Waals surface area contributed by atoms with E-state index in [1.165, 1.54) is 0 Å². The molecule has 0 fully saturated rings. The lowest BCUT2D eigenvalue weighted by molar-refractivity contribution is -0.121. The molecule has 0 saturated carbocycles. The summed E-state index contributed by atoms with van der Waals surface area (Å²) in [6.45, 7) is 8.30. The first kappa shape index (κ1) is 15.2. The molecule has 0 aliphatic heterocycles. The Bertz CT molecular complexity index is 449. The third-order valence-corrected chi connectivity index (χ3v) is 3.07. The Kier molecular flexibility index (Phi) is 5.55. The van der Waals surface area contributed by atoms with Crippen LogP contribution in [-0.2, 0) is 9.59 Å². The van der Waals surface area contributed by atoms with Crippen molar-refractivity contribution in [2.45, 2.75) is 34.1 Å². The molecule has 0 heterocycles. The molecule has 4 nitrogen and oxygen atoms in total. The predicted octanol–water partition coefficient (Wildman–Crippen LogP) is 2.18. The van der Waals surface area contributed by atoms with Gasteiger partial charge in [-0.05, 0) is 25.0 Å². The molecule has 0 saturated heterocycles. The lowest BCUT2D eigenvalue weighted by Crippen LogP contribution is -2.38. The number of para-hydroxylation sites is 1. The van der Waals surface area contributed by atoms with E-state index in [1.807, 2.05) is 39.0 Å². The maximum atomic E-state index is 11.8. The van der Waals surface area contributed by atoms with Gasteiger partial charge in [0.2, 0.25) is 11.8 Å². The van der Waals surface area contributed by atoms with Gasteiger partial charge in [0.05, 0.1) is 0 Å². The largest absolute Gasteiger partial charge is 0.354 e. The summed E-state index contributed by atoms with van der Waals surface area (Å²) in [5, 5.41) is 2.79. The van der Waals surface area contributed by atoms with E-state index in [1.54, 1.807) is 11.8 Å². The second-order valence-electron chi connectivity index (χ2n) is 4.61. The topological polar surface area (TPSA) is 49.4 Å². The minimum Gasteiger partial charge on any atom is -0.354 e. The fourth-order valence-electron chi connectivity index (χ4n) is 2.09. The van der Waals surface area contributed by atoms with Gasteiger partial charge in [0, 0.05) is 32.1 Å². The van der Waals surface area contributed by atoms with Gasteiger partial charge in [-0.3, -0.25) is 9.59 Å². The Morgan fingerprint density at radius 3 is 2.26 bits per heavy atom. The number of benzene rings is 1. The van der Waals surface area contributed by atoms with E-state index in [-0.39, 0.29) is 11.8 Å². The molecule has 0 bridgehead atoms. The Hall–Kier alpha value is -1.84. The zero-order valence-electron chi connectivity index (χ0n) is 12.1. The van der Waals surface area contributed by atoms with Crippen LogP contribution in [0.2, 0.25) is 0 Å². The Balaban J connectivity index is 2.84. The summed E-state index contributed by atoms with van der Waals surface area (Å²) in [4.78, 5) is 24.7. The third kappa shape index (κ3) is 4.09. The van der Waals surface area contributed by atoms with Crippen LogP contribution in [-0.4, -0.2) is 24.9 Å². The van der Waals surface area contributed by atoms with Crippen LogP contribution in [0, 0.1) is 13.8 Å². The number of aryl methyl sites for hydroxylation is 2. The molecule has 104 valence electrons. The standard InChI is InChI=1S/C15H22N2O2/c1-5-14(19)16-9-10-17(13(4)18)15-11(2)7-6-8-12(15)3/h6-8H,5,9-10H2,1-4H3,(H,16,19). The second kappa shape index (κ2) is 6.92. The number of nitrogens with one attached hydrogen (secondary N) is 1. The molecule has 1 rings (SSSR count). The first-order valence-electron chi connectivity index (χ1n) is 6.58. The van der Waals surface area contributed by atoms with Crippen molar-refractivity contribution in [2.24, 2.45) is 0 Å². The Morgan fingerprint density at radius 1 is 1.21 bits per heavy atom. The highest BCUT2D eigenvalue weighted by Crippen LogP contribution is 2.24. The number of rotatable bonds is 5. The number of hydrogen-bond donors (Lipinski definition) is 1. The van der Waals surface area contributed by atoms with Crippen molar-refractivity contribution < 1.29 is 9.59 Å². The summed E-state index contributed by atoms with van der Waals surface area (Å²) >= 11 is 0. The van der Waals surface area contributed by atoms with E-state index < -0.39 is 0 Å². The van der Waals surface area contributed by atoms with Gasteiger partial charge in [-0.2, -0.15) is 0 Å². The lowest BCUT2D eigenvalue weighted by atomic mass is 10.1. The molecule has 1 aromatic carbocycles. The number of amides is 2. The molecule has 2 amide bonds. The molecular formula is C15H22N2O2. The van der Waals surface area contributed by atoms with Gasteiger partial charge in [0.25, 0.3) is 0 Å². The second-order valence-corrected chi connectivity index (χ2v) is 4.61. The summed E-state index contributed by atoms with van der Waals surface area (Å²) in [6.07, 6.45) is 0.462. The average molecular weight is 262 g/mol. The molecular weight excluding hydrogens is 240 g/mol. The van der Waals surface area contributed by atoms with Gasteiger partial charge in [-0.25, -0.2) is 0 Å². The van der Waals surface area contributed by atoms with Crippen LogP contribution in [0.3, 0.4) is 0 Å². The first-order chi connectivity index (χ1) is 8.97. The third-order valence-electron chi connectivity index (χ3n) is 3.07. The zero-order valence-corrected chi connectivity index (χ0v) is 12.1. The highest BCUT2D eigenvalue weighted by Gasteiger charge is 2.15. The predicted molar refractivity (Wildman–Crippen MR) is 77.2 cm³/mol. The molecule has 1 N–H and O–H groups in total. The summed E-state index contributed by atoms with van der Waals surface area (Å²) in [5.74, 6) is -0.00634. The van der Waals surface area contributed by atoms with Crippen LogP contribution in [0.1, 0.15) is 31.4 Å². The molecule has 0 aliphatic rings. The molecule has 0 aromatic heterocycles. The zero-order chi connectivity index (χ0) is 14.4. The molecule has 4 heteroatoms. The summed E-state index contributed by atoms with van der Waals surface area (Å²) < 4.78 is 0. The van der Waals surface area contributed by atoms with E-state index in [9.17, 15) is 9.59 Å². The van der Waals surface area contributed by atoms with Gasteiger partial charge in [-0.1, -0.05) is 25.1 Å². The van der Waals surface area contributed by atoms with Gasteiger partial charge in [0.15, 0.2) is 0 Å². The summed E-state index contributed by atoms with van der Waals surface area (Å²) in [7, 11) is 0. The highest BCUT2D eigenvalue weighted by molar-refractivity contribution is 5.93. The van der Waals surface area contributed by atoms with Crippen molar-refractivity contribution >= 4 is 17.5 Å². The molecule has 0 spiro atoms. The number of carbonyl (C=O) groups is 2. The van der Waals surface area contributed by atoms with E-state index in [2.05, 4.69) is 5.32 Å². The molecule has 19 heavy (non-hydrogen) atoms. The maximum absolute atomic E-state index is 11.8. The van der Waals surface area contributed by atoms with Crippen LogP contribution in [0.25, 0.3) is 0 Å². The minimum atomic E-state index is -0.0110. The van der Waals surface area contributed by atoms with Crippen molar-refractivity contribution in [3.63, 3.8) is 0 Å². The smallest absolute Gasteiger partial charge is 0.223 e. The fourth-order valence-corrected chi connectivity index (χ4v) is 2.09. The highest BCUT2D eigenvalue weighted by atomic mass is 16.2. The summed E-state index contributed by atoms with van der Waals surface area (Å²) in [5.41, 5.74) is 3.08. The van der Waals surface area contributed by atoms with Crippen molar-refractivity contribution in [3.8, 4) is 0 Å². The first-order valence-corrected chi connectivity index (χ1v) is 6.58. The number of nitrogens with zero attached hydrogens (tertiary/aromatic N) is 1. The van der Waals surface area contributed by atoms with Crippen molar-refractivity contribution in [2.75, 3.05) is 18.0 Å². The molecule has 0 atom stereocenters. The molecule has 0 radical (unpaired) electrons. The maximum Gasteiger partial charge on any atom is 0.223 e. The van der Waals surface area contributed by atoms with Crippen molar-refractivity contribution in [3.05, 3.63) is 29.3 Å². The van der Waals surface area contributed by atoms with Crippen LogP contribution >= 0.6 is 0 Å². The van der Waals surface area contributed by atoms with Gasteiger partial charge in [0.1, 0.15) is 0 Å². The molecule has 0 aliphatic carbocycles. The van der Waals surface area contributed by atoms with Crippen molar-refractivity contribution in [1.82, 2.24) is 5.32 Å².